The van der Waals surface area contributed by atoms with E-state index in [0.717, 1.165) is 6.04 Å². The van der Waals surface area contributed by atoms with E-state index in [-0.39, 0.29) is 0 Å². The van der Waals surface area contributed by atoms with Gasteiger partial charge in [0, 0.05) is 24.7 Å². The Morgan fingerprint density at radius 1 is 1.17 bits per heavy atom. The lowest BCUT2D eigenvalue weighted by Gasteiger charge is -2.53. The van der Waals surface area contributed by atoms with Crippen LogP contribution in [0, 0.1) is 0 Å². The van der Waals surface area contributed by atoms with Crippen LogP contribution in [-0.4, -0.2) is 36.1 Å². The van der Waals surface area contributed by atoms with E-state index in [2.05, 4.69) is 10.2 Å². The van der Waals surface area contributed by atoms with Gasteiger partial charge in [-0.3, -0.25) is 4.90 Å². The molecule has 1 N–H and O–H groups in total. The number of rotatable bonds is 0. The largest absolute Gasteiger partial charge is 0.308 e. The molecule has 12 heavy (non-hydrogen) atoms. The highest BCUT2D eigenvalue weighted by molar-refractivity contribution is 5.09. The second-order valence-corrected chi connectivity index (χ2v) is 4.63. The molecule has 68 valence electrons. The lowest BCUT2D eigenvalue weighted by Crippen LogP contribution is -2.67. The molecule has 2 heteroatoms. The summed E-state index contributed by atoms with van der Waals surface area (Å²) in [4.78, 5) is 2.72. The van der Waals surface area contributed by atoms with Crippen LogP contribution in [0.4, 0.5) is 0 Å². The molecule has 0 bridgehead atoms. The van der Waals surface area contributed by atoms with Gasteiger partial charge in [-0.15, -0.1) is 0 Å². The lowest BCUT2D eigenvalue weighted by molar-refractivity contribution is 0.0302. The van der Waals surface area contributed by atoms with E-state index < -0.39 is 0 Å². The van der Waals surface area contributed by atoms with E-state index in [1.165, 1.54) is 51.7 Å². The van der Waals surface area contributed by atoms with Gasteiger partial charge >= 0.3 is 0 Å². The van der Waals surface area contributed by atoms with Gasteiger partial charge in [-0.1, -0.05) is 0 Å². The molecule has 0 aromatic rings. The number of hydrogen-bond donors (Lipinski definition) is 1. The lowest BCUT2D eigenvalue weighted by atomic mass is 9.69. The van der Waals surface area contributed by atoms with E-state index >= 15 is 0 Å². The summed E-state index contributed by atoms with van der Waals surface area (Å²) in [6.07, 6.45) is 7.22. The first-order chi connectivity index (χ1) is 5.91. The molecule has 0 radical (unpaired) electrons. The maximum atomic E-state index is 3.76. The summed E-state index contributed by atoms with van der Waals surface area (Å²) in [5.74, 6) is 0. The van der Waals surface area contributed by atoms with Crippen molar-refractivity contribution in [1.82, 2.24) is 10.2 Å². The zero-order valence-electron chi connectivity index (χ0n) is 7.68. The van der Waals surface area contributed by atoms with Crippen molar-refractivity contribution in [3.8, 4) is 0 Å². The van der Waals surface area contributed by atoms with E-state index in [4.69, 9.17) is 0 Å². The zero-order chi connectivity index (χ0) is 8.02. The maximum absolute atomic E-state index is 3.76. The fraction of sp³-hybridized carbons (Fsp3) is 1.00. The van der Waals surface area contributed by atoms with Crippen molar-refractivity contribution in [2.75, 3.05) is 19.6 Å². The molecular weight excluding hydrogens is 148 g/mol. The molecule has 1 aliphatic carbocycles. The number of hydrogen-bond acceptors (Lipinski definition) is 2. The van der Waals surface area contributed by atoms with Crippen LogP contribution in [0.2, 0.25) is 0 Å². The molecule has 2 saturated heterocycles. The molecule has 0 aromatic carbocycles. The van der Waals surface area contributed by atoms with Crippen molar-refractivity contribution in [3.05, 3.63) is 0 Å². The van der Waals surface area contributed by atoms with Crippen LogP contribution in [0.1, 0.15) is 32.1 Å². The van der Waals surface area contributed by atoms with Crippen molar-refractivity contribution in [2.24, 2.45) is 0 Å². The van der Waals surface area contributed by atoms with E-state index in [1.54, 1.807) is 0 Å². The molecule has 2 heterocycles. The first-order valence-corrected chi connectivity index (χ1v) is 5.40. The average molecular weight is 166 g/mol. The van der Waals surface area contributed by atoms with Gasteiger partial charge < -0.3 is 5.32 Å². The number of piperazine rings is 1. The van der Waals surface area contributed by atoms with Crippen LogP contribution >= 0.6 is 0 Å². The van der Waals surface area contributed by atoms with Gasteiger partial charge in [-0.05, 0) is 38.6 Å². The predicted molar refractivity (Wildman–Crippen MR) is 49.2 cm³/mol. The molecule has 1 spiro atoms. The summed E-state index contributed by atoms with van der Waals surface area (Å²) in [6.45, 7) is 3.90. The Morgan fingerprint density at radius 3 is 2.83 bits per heavy atom. The standard InChI is InChI=1S/C10H18N2/c1-3-9-10(4-2-5-10)11-6-8-12(9)7-1/h9,11H,1-8H2. The number of fused-ring (bicyclic) bond motifs is 2. The third-order valence-electron chi connectivity index (χ3n) is 4.12. The molecule has 2 aliphatic heterocycles. The Balaban J connectivity index is 1.83. The Bertz CT molecular complexity index is 186. The second kappa shape index (κ2) is 2.46. The highest BCUT2D eigenvalue weighted by Gasteiger charge is 2.49. The van der Waals surface area contributed by atoms with Crippen LogP contribution < -0.4 is 5.32 Å². The van der Waals surface area contributed by atoms with E-state index in [0.29, 0.717) is 5.54 Å². The van der Waals surface area contributed by atoms with Gasteiger partial charge in [-0.25, -0.2) is 0 Å². The Labute approximate surface area is 74.3 Å². The van der Waals surface area contributed by atoms with Crippen molar-refractivity contribution in [3.63, 3.8) is 0 Å². The van der Waals surface area contributed by atoms with Gasteiger partial charge in [0.15, 0.2) is 0 Å². The van der Waals surface area contributed by atoms with Crippen molar-refractivity contribution >= 4 is 0 Å². The van der Waals surface area contributed by atoms with Crippen molar-refractivity contribution < 1.29 is 0 Å². The number of nitrogens with one attached hydrogen (secondary N) is 1. The summed E-state index contributed by atoms with van der Waals surface area (Å²) in [6, 6.07) is 0.903. The smallest absolute Gasteiger partial charge is 0.0337 e. The normalized spacial score (nSPS) is 39.5. The summed E-state index contributed by atoms with van der Waals surface area (Å²) in [5.41, 5.74) is 0.578. The molecule has 1 unspecified atom stereocenters. The molecule has 2 nitrogen and oxygen atoms in total. The van der Waals surface area contributed by atoms with Gasteiger partial charge in [0.25, 0.3) is 0 Å². The van der Waals surface area contributed by atoms with E-state index in [9.17, 15) is 0 Å². The fourth-order valence-corrected chi connectivity index (χ4v) is 3.35. The topological polar surface area (TPSA) is 15.3 Å². The van der Waals surface area contributed by atoms with Crippen molar-refractivity contribution in [1.29, 1.82) is 0 Å². The average Bonchev–Trinajstić information content (AvgIpc) is 2.47. The van der Waals surface area contributed by atoms with Gasteiger partial charge in [0.05, 0.1) is 0 Å². The molecule has 1 atom stereocenters. The minimum atomic E-state index is 0.578. The Morgan fingerprint density at radius 2 is 2.08 bits per heavy atom. The van der Waals surface area contributed by atoms with E-state index in [1.807, 2.05) is 0 Å². The molecule has 3 rings (SSSR count). The fourth-order valence-electron chi connectivity index (χ4n) is 3.35. The Hall–Kier alpha value is -0.0800. The molecule has 0 aromatic heterocycles. The summed E-state index contributed by atoms with van der Waals surface area (Å²) in [7, 11) is 0. The van der Waals surface area contributed by atoms with Gasteiger partial charge in [0.2, 0.25) is 0 Å². The molecule has 3 aliphatic rings. The minimum Gasteiger partial charge on any atom is -0.308 e. The number of nitrogens with zero attached hydrogens (tertiary/aromatic N) is 1. The third-order valence-corrected chi connectivity index (χ3v) is 4.12. The summed E-state index contributed by atoms with van der Waals surface area (Å²) in [5, 5.41) is 3.76. The van der Waals surface area contributed by atoms with Crippen molar-refractivity contribution in [2.45, 2.75) is 43.7 Å². The third kappa shape index (κ3) is 0.826. The SMILES string of the molecule is C1CC2N(C1)CCNC21CCC1. The molecule has 3 fully saturated rings. The van der Waals surface area contributed by atoms with Crippen LogP contribution in [0.15, 0.2) is 0 Å². The minimum absolute atomic E-state index is 0.578. The monoisotopic (exact) mass is 166 g/mol. The summed E-state index contributed by atoms with van der Waals surface area (Å²) < 4.78 is 0. The molecule has 1 saturated carbocycles. The maximum Gasteiger partial charge on any atom is 0.0337 e. The van der Waals surface area contributed by atoms with Crippen LogP contribution in [0.5, 0.6) is 0 Å². The summed E-state index contributed by atoms with van der Waals surface area (Å²) >= 11 is 0. The highest BCUT2D eigenvalue weighted by Crippen LogP contribution is 2.42. The van der Waals surface area contributed by atoms with Crippen LogP contribution in [0.3, 0.4) is 0 Å². The first kappa shape index (κ1) is 7.34. The van der Waals surface area contributed by atoms with Gasteiger partial charge in [0.1, 0.15) is 0 Å². The van der Waals surface area contributed by atoms with Crippen LogP contribution in [0.25, 0.3) is 0 Å². The Kier molecular flexibility index (Phi) is 1.50. The van der Waals surface area contributed by atoms with Gasteiger partial charge in [-0.2, -0.15) is 0 Å². The predicted octanol–water partition coefficient (Wildman–Crippen LogP) is 0.977. The first-order valence-electron chi connectivity index (χ1n) is 5.40. The molecular formula is C10H18N2. The molecule has 0 amide bonds. The van der Waals surface area contributed by atoms with Crippen LogP contribution in [-0.2, 0) is 0 Å². The second-order valence-electron chi connectivity index (χ2n) is 4.63. The quantitative estimate of drug-likeness (QED) is 0.577. The highest BCUT2D eigenvalue weighted by atomic mass is 15.3. The zero-order valence-corrected chi connectivity index (χ0v) is 7.68.